The summed E-state index contributed by atoms with van der Waals surface area (Å²) in [6.07, 6.45) is -0.324. The molecule has 0 aliphatic rings. The second kappa shape index (κ2) is 18.5. The molecule has 0 amide bonds. The number of nitriles is 1. The molecule has 7 aromatic rings. The van der Waals surface area contributed by atoms with Crippen molar-refractivity contribution in [3.8, 4) is 17.6 Å². The Morgan fingerprint density at radius 3 is 1.84 bits per heavy atom. The van der Waals surface area contributed by atoms with Crippen LogP contribution in [0.15, 0.2) is 127 Å². The van der Waals surface area contributed by atoms with E-state index in [4.69, 9.17) is 33.2 Å². The lowest BCUT2D eigenvalue weighted by Crippen LogP contribution is -2.39. The normalized spacial score (nSPS) is 13.1. The highest BCUT2D eigenvalue weighted by atomic mass is 31.2. The largest absolute Gasteiger partial charge is 0.497 e. The van der Waals surface area contributed by atoms with Crippen LogP contribution in [0, 0.1) is 11.3 Å². The average Bonchev–Trinajstić information content (AvgIpc) is 3.55. The molecule has 7 rings (SSSR count). The van der Waals surface area contributed by atoms with E-state index in [-0.39, 0.29) is 31.7 Å². The highest BCUT2D eigenvalue weighted by Gasteiger charge is 2.40. The molecule has 0 saturated heterocycles. The summed E-state index contributed by atoms with van der Waals surface area (Å²) in [6.45, 7) is 9.31. The summed E-state index contributed by atoms with van der Waals surface area (Å²) in [5.41, 5.74) is 5.89. The fourth-order valence-corrected chi connectivity index (χ4v) is 9.29. The van der Waals surface area contributed by atoms with Crippen LogP contribution in [0.5, 0.6) is 11.5 Å². The first kappa shape index (κ1) is 40.8. The Morgan fingerprint density at radius 1 is 0.707 bits per heavy atom. The molecular weight excluding hydrogens is 746 g/mol. The fraction of sp³-hybridized carbons (Fsp3) is 0.298. The van der Waals surface area contributed by atoms with Gasteiger partial charge in [-0.2, -0.15) is 5.26 Å². The van der Waals surface area contributed by atoms with Gasteiger partial charge in [-0.25, -0.2) is 14.6 Å². The molecule has 2 aromatic heterocycles. The zero-order chi connectivity index (χ0) is 40.6. The topological polar surface area (TPSA) is 104 Å². The number of hydrogen-bond acceptors (Lipinski definition) is 9. The van der Waals surface area contributed by atoms with Crippen LogP contribution in [0.3, 0.4) is 0 Å². The summed E-state index contributed by atoms with van der Waals surface area (Å²) in [5.74, 6) is 1.48. The zero-order valence-electron chi connectivity index (χ0n) is 33.9. The van der Waals surface area contributed by atoms with Crippen LogP contribution in [0.2, 0.25) is 0 Å². The number of aromatic nitrogens is 3. The van der Waals surface area contributed by atoms with Crippen molar-refractivity contribution in [2.45, 2.75) is 64.4 Å². The minimum atomic E-state index is -1.65. The Hall–Kier alpha value is -5.40. The van der Waals surface area contributed by atoms with Gasteiger partial charge in [0.05, 0.1) is 63.0 Å². The van der Waals surface area contributed by atoms with Crippen LogP contribution in [-0.2, 0) is 25.9 Å². The van der Waals surface area contributed by atoms with Crippen LogP contribution in [-0.4, -0.2) is 64.8 Å². The number of rotatable bonds is 18. The van der Waals surface area contributed by atoms with Crippen molar-refractivity contribution in [1.29, 1.82) is 5.26 Å². The maximum Gasteiger partial charge on any atom is 0.259 e. The highest BCUT2D eigenvalue weighted by Crippen LogP contribution is 2.49. The van der Waals surface area contributed by atoms with Gasteiger partial charge in [0.1, 0.15) is 28.7 Å². The molecular formula is C47H50N5O5P. The first-order valence-corrected chi connectivity index (χ1v) is 20.8. The Labute approximate surface area is 341 Å². The van der Waals surface area contributed by atoms with Crippen molar-refractivity contribution in [2.24, 2.45) is 0 Å². The maximum absolute atomic E-state index is 9.50. The maximum atomic E-state index is 9.50. The number of methoxy groups -OCH3 is 2. The predicted octanol–water partition coefficient (Wildman–Crippen LogP) is 10.4. The summed E-state index contributed by atoms with van der Waals surface area (Å²) in [4.78, 5) is 10.3. The summed E-state index contributed by atoms with van der Waals surface area (Å²) in [7, 11) is 1.67. The molecule has 0 saturated carbocycles. The second-order valence-electron chi connectivity index (χ2n) is 14.6. The van der Waals surface area contributed by atoms with Gasteiger partial charge in [0.25, 0.3) is 8.53 Å². The molecule has 298 valence electrons. The molecule has 1 unspecified atom stereocenters. The van der Waals surface area contributed by atoms with Gasteiger partial charge in [-0.1, -0.05) is 84.9 Å². The Balaban J connectivity index is 1.40. The molecule has 0 aliphatic heterocycles. The number of fused-ring (bicyclic) bond motifs is 4. The molecule has 58 heavy (non-hydrogen) atoms. The van der Waals surface area contributed by atoms with Gasteiger partial charge >= 0.3 is 0 Å². The van der Waals surface area contributed by atoms with Gasteiger partial charge in [0.2, 0.25) is 0 Å². The standard InChI is InChI=1S/C47H50N5O5P/c1-33(2)52(34(3)4)58(56-30-14-29-48)57-40(31-51-44-20-13-10-17-41(44)45-46(51)50-43-19-12-11-18-42(43)49-45)32-55-47(35-15-8-7-9-16-35,36-21-25-38(53-5)26-22-36)37-23-27-39(54-6)28-24-37/h7-13,15-28,33-34,40H,14,30-32H2,1-6H3/t40-,58?/m0/s1. The van der Waals surface area contributed by atoms with Crippen molar-refractivity contribution in [3.05, 3.63) is 144 Å². The first-order chi connectivity index (χ1) is 28.3. The Morgan fingerprint density at radius 2 is 1.26 bits per heavy atom. The van der Waals surface area contributed by atoms with E-state index in [0.717, 1.165) is 61.3 Å². The van der Waals surface area contributed by atoms with Crippen molar-refractivity contribution in [3.63, 3.8) is 0 Å². The molecule has 0 N–H and O–H groups in total. The van der Waals surface area contributed by atoms with E-state index < -0.39 is 20.2 Å². The third-order valence-electron chi connectivity index (χ3n) is 10.2. The van der Waals surface area contributed by atoms with Crippen LogP contribution in [0.1, 0.15) is 50.8 Å². The minimum absolute atomic E-state index is 0.0993. The van der Waals surface area contributed by atoms with Crippen molar-refractivity contribution < 1.29 is 23.3 Å². The van der Waals surface area contributed by atoms with Gasteiger partial charge in [-0.3, -0.25) is 0 Å². The summed E-state index contributed by atoms with van der Waals surface area (Å²) >= 11 is 0. The number of benzene rings is 5. The first-order valence-electron chi connectivity index (χ1n) is 19.6. The quantitative estimate of drug-likeness (QED) is 0.0477. The van der Waals surface area contributed by atoms with Gasteiger partial charge in [-0.05, 0) is 86.8 Å². The molecule has 0 radical (unpaired) electrons. The van der Waals surface area contributed by atoms with Crippen LogP contribution in [0.25, 0.3) is 33.1 Å². The van der Waals surface area contributed by atoms with E-state index >= 15 is 0 Å². The van der Waals surface area contributed by atoms with Crippen molar-refractivity contribution >= 4 is 41.6 Å². The molecule has 0 spiro atoms. The number of para-hydroxylation sites is 3. The zero-order valence-corrected chi connectivity index (χ0v) is 34.8. The lowest BCUT2D eigenvalue weighted by atomic mass is 9.80. The third kappa shape index (κ3) is 8.42. The number of ether oxygens (including phenoxy) is 3. The van der Waals surface area contributed by atoms with Crippen molar-refractivity contribution in [2.75, 3.05) is 27.4 Å². The van der Waals surface area contributed by atoms with Gasteiger partial charge in [-0.15, -0.1) is 0 Å². The number of hydrogen-bond donors (Lipinski definition) is 0. The number of nitrogens with zero attached hydrogens (tertiary/aromatic N) is 5. The van der Waals surface area contributed by atoms with Crippen LogP contribution < -0.4 is 9.47 Å². The van der Waals surface area contributed by atoms with Gasteiger partial charge < -0.3 is 27.8 Å². The molecule has 0 fully saturated rings. The second-order valence-corrected chi connectivity index (χ2v) is 16.0. The monoisotopic (exact) mass is 795 g/mol. The molecule has 0 bridgehead atoms. The van der Waals surface area contributed by atoms with Gasteiger partial charge in [0.15, 0.2) is 5.65 Å². The summed E-state index contributed by atoms with van der Waals surface area (Å²) in [5, 5.41) is 10.5. The predicted molar refractivity (Wildman–Crippen MR) is 231 cm³/mol. The SMILES string of the molecule is COc1ccc(C(OC[C@H](Cn2c3ccccc3c3nc4ccccc4nc32)OP(OCCC#N)N(C(C)C)C(C)C)(c2ccccc2)c2ccc(OC)cc2)cc1. The smallest absolute Gasteiger partial charge is 0.259 e. The lowest BCUT2D eigenvalue weighted by Gasteiger charge is -2.39. The van der Waals surface area contributed by atoms with E-state index in [0.29, 0.717) is 6.54 Å². The van der Waals surface area contributed by atoms with E-state index in [9.17, 15) is 5.26 Å². The van der Waals surface area contributed by atoms with E-state index in [2.05, 4.69) is 91.5 Å². The van der Waals surface area contributed by atoms with Gasteiger partial charge in [0, 0.05) is 17.5 Å². The van der Waals surface area contributed by atoms with E-state index in [1.54, 1.807) is 14.2 Å². The molecule has 10 nitrogen and oxygen atoms in total. The van der Waals surface area contributed by atoms with Crippen LogP contribution in [0.4, 0.5) is 0 Å². The van der Waals surface area contributed by atoms with Crippen LogP contribution >= 0.6 is 8.53 Å². The third-order valence-corrected chi connectivity index (χ3v) is 12.4. The molecule has 0 aliphatic carbocycles. The minimum Gasteiger partial charge on any atom is -0.497 e. The molecule has 5 aromatic carbocycles. The fourth-order valence-electron chi connectivity index (χ4n) is 7.60. The molecule has 11 heteroatoms. The summed E-state index contributed by atoms with van der Waals surface area (Å²) in [6, 6.07) is 44.9. The van der Waals surface area contributed by atoms with Crippen molar-refractivity contribution in [1.82, 2.24) is 19.2 Å². The Kier molecular flexibility index (Phi) is 13.0. The average molecular weight is 796 g/mol. The lowest BCUT2D eigenvalue weighted by molar-refractivity contribution is -0.0378. The molecule has 2 heterocycles. The van der Waals surface area contributed by atoms with E-state index in [1.165, 1.54) is 0 Å². The van der Waals surface area contributed by atoms with E-state index in [1.807, 2.05) is 78.9 Å². The molecule has 2 atom stereocenters. The summed E-state index contributed by atoms with van der Waals surface area (Å²) < 4.78 is 36.9. The highest BCUT2D eigenvalue weighted by molar-refractivity contribution is 7.44. The Bertz CT molecular complexity index is 2410.